The molecule has 6 nitrogen and oxygen atoms in total. The van der Waals surface area contributed by atoms with Crippen LogP contribution in [0.3, 0.4) is 0 Å². The highest BCUT2D eigenvalue weighted by atomic mass is 16.3. The van der Waals surface area contributed by atoms with Crippen molar-refractivity contribution in [3.05, 3.63) is 66.9 Å². The van der Waals surface area contributed by atoms with Gasteiger partial charge >= 0.3 is 6.03 Å². The molecule has 0 saturated heterocycles. The summed E-state index contributed by atoms with van der Waals surface area (Å²) in [5, 5.41) is 9.65. The largest absolute Gasteiger partial charge is 0.467 e. The Labute approximate surface area is 121 Å². The molecule has 0 aliphatic carbocycles. The highest BCUT2D eigenvalue weighted by Crippen LogP contribution is 2.13. The molecule has 0 aliphatic rings. The van der Waals surface area contributed by atoms with Gasteiger partial charge in [0.1, 0.15) is 5.76 Å². The molecular weight excluding hydrogens is 268 g/mol. The number of aromatic nitrogens is 2. The van der Waals surface area contributed by atoms with Crippen molar-refractivity contribution in [2.75, 3.05) is 5.32 Å². The third-order valence-electron chi connectivity index (χ3n) is 2.88. The average molecular weight is 282 g/mol. The van der Waals surface area contributed by atoms with E-state index in [1.165, 1.54) is 0 Å². The molecule has 0 aliphatic heterocycles. The van der Waals surface area contributed by atoms with E-state index in [4.69, 9.17) is 4.42 Å². The van der Waals surface area contributed by atoms with Crippen LogP contribution in [0.4, 0.5) is 10.5 Å². The predicted octanol–water partition coefficient (Wildman–Crippen LogP) is 2.79. The lowest BCUT2D eigenvalue weighted by Crippen LogP contribution is -2.28. The van der Waals surface area contributed by atoms with E-state index in [0.717, 1.165) is 5.69 Å². The van der Waals surface area contributed by atoms with Crippen LogP contribution in [0.2, 0.25) is 0 Å². The Hall–Kier alpha value is -3.02. The summed E-state index contributed by atoms with van der Waals surface area (Å²) in [5.74, 6) is 0.704. The normalized spacial score (nSPS) is 10.3. The molecule has 2 aromatic heterocycles. The molecule has 3 rings (SSSR count). The summed E-state index contributed by atoms with van der Waals surface area (Å²) in [4.78, 5) is 11.8. The fourth-order valence-electron chi connectivity index (χ4n) is 1.90. The van der Waals surface area contributed by atoms with Crippen LogP contribution in [0.15, 0.2) is 65.5 Å². The van der Waals surface area contributed by atoms with Crippen LogP contribution in [0.5, 0.6) is 0 Å². The number of carbonyl (C=O) groups excluding carboxylic acids is 1. The van der Waals surface area contributed by atoms with Crippen LogP contribution < -0.4 is 10.6 Å². The number of anilines is 1. The summed E-state index contributed by atoms with van der Waals surface area (Å²) < 4.78 is 6.88. The highest BCUT2D eigenvalue weighted by molar-refractivity contribution is 5.89. The number of carbonyl (C=O) groups is 1. The molecule has 0 radical (unpaired) electrons. The monoisotopic (exact) mass is 282 g/mol. The first kappa shape index (κ1) is 13.0. The number of amides is 2. The van der Waals surface area contributed by atoms with Crippen molar-refractivity contribution in [3.63, 3.8) is 0 Å². The van der Waals surface area contributed by atoms with E-state index < -0.39 is 0 Å². The number of nitrogens with zero attached hydrogens (tertiary/aromatic N) is 2. The van der Waals surface area contributed by atoms with Crippen molar-refractivity contribution in [2.24, 2.45) is 0 Å². The first-order chi connectivity index (χ1) is 10.3. The van der Waals surface area contributed by atoms with E-state index in [1.54, 1.807) is 29.3 Å². The molecule has 3 aromatic rings. The van der Waals surface area contributed by atoms with Crippen LogP contribution in [0, 0.1) is 0 Å². The lowest BCUT2D eigenvalue weighted by Gasteiger charge is -2.08. The van der Waals surface area contributed by atoms with Gasteiger partial charge in [-0.15, -0.1) is 0 Å². The topological polar surface area (TPSA) is 72.1 Å². The molecule has 0 fully saturated rings. The van der Waals surface area contributed by atoms with E-state index in [0.29, 0.717) is 18.0 Å². The zero-order chi connectivity index (χ0) is 14.5. The summed E-state index contributed by atoms with van der Waals surface area (Å²) in [6.45, 7) is 0.345. The van der Waals surface area contributed by atoms with Gasteiger partial charge in [0.05, 0.1) is 18.5 Å². The highest BCUT2D eigenvalue weighted by Gasteiger charge is 2.04. The molecule has 106 valence electrons. The summed E-state index contributed by atoms with van der Waals surface area (Å²) in [6, 6.07) is 12.6. The standard InChI is InChI=1S/C15H14N4O2/c20-15(16-11-14-6-2-9-21-14)18-12-4-1-5-13(10-12)19-8-3-7-17-19/h1-10H,11H2,(H2,16,18,20). The minimum absolute atomic E-state index is 0.288. The quantitative estimate of drug-likeness (QED) is 0.773. The average Bonchev–Trinajstić information content (AvgIpc) is 3.19. The number of benzene rings is 1. The Morgan fingerprint density at radius 1 is 1.24 bits per heavy atom. The van der Waals surface area contributed by atoms with Gasteiger partial charge < -0.3 is 15.1 Å². The Kier molecular flexibility index (Phi) is 3.68. The van der Waals surface area contributed by atoms with Crippen molar-refractivity contribution in [3.8, 4) is 5.69 Å². The maximum absolute atomic E-state index is 11.8. The van der Waals surface area contributed by atoms with E-state index >= 15 is 0 Å². The maximum atomic E-state index is 11.8. The predicted molar refractivity (Wildman–Crippen MR) is 78.1 cm³/mol. The van der Waals surface area contributed by atoms with Gasteiger partial charge in [0.25, 0.3) is 0 Å². The van der Waals surface area contributed by atoms with E-state index in [2.05, 4.69) is 15.7 Å². The van der Waals surface area contributed by atoms with Crippen molar-refractivity contribution in [1.29, 1.82) is 0 Å². The molecule has 0 atom stereocenters. The van der Waals surface area contributed by atoms with Gasteiger partial charge in [-0.05, 0) is 36.4 Å². The van der Waals surface area contributed by atoms with Gasteiger partial charge in [-0.3, -0.25) is 0 Å². The molecular formula is C15H14N4O2. The van der Waals surface area contributed by atoms with Crippen LogP contribution in [0.25, 0.3) is 5.69 Å². The fourth-order valence-corrected chi connectivity index (χ4v) is 1.90. The van der Waals surface area contributed by atoms with Crippen molar-refractivity contribution in [1.82, 2.24) is 15.1 Å². The lowest BCUT2D eigenvalue weighted by molar-refractivity contribution is 0.251. The van der Waals surface area contributed by atoms with Gasteiger partial charge in [-0.2, -0.15) is 5.10 Å². The second-order valence-corrected chi connectivity index (χ2v) is 4.39. The number of furan rings is 1. The van der Waals surface area contributed by atoms with Crippen LogP contribution in [-0.2, 0) is 6.54 Å². The summed E-state index contributed by atoms with van der Waals surface area (Å²) in [6.07, 6.45) is 5.12. The van der Waals surface area contributed by atoms with Crippen molar-refractivity contribution < 1.29 is 9.21 Å². The number of hydrogen-bond donors (Lipinski definition) is 2. The second-order valence-electron chi connectivity index (χ2n) is 4.39. The molecule has 2 amide bonds. The molecule has 6 heteroatoms. The Morgan fingerprint density at radius 3 is 2.95 bits per heavy atom. The third-order valence-corrected chi connectivity index (χ3v) is 2.88. The van der Waals surface area contributed by atoms with Crippen molar-refractivity contribution in [2.45, 2.75) is 6.54 Å². The number of urea groups is 1. The number of nitrogens with one attached hydrogen (secondary N) is 2. The molecule has 0 bridgehead atoms. The lowest BCUT2D eigenvalue weighted by atomic mass is 10.3. The van der Waals surface area contributed by atoms with Crippen LogP contribution in [0.1, 0.15) is 5.76 Å². The Morgan fingerprint density at radius 2 is 2.19 bits per heavy atom. The van der Waals surface area contributed by atoms with E-state index in [1.807, 2.05) is 36.5 Å². The van der Waals surface area contributed by atoms with E-state index in [9.17, 15) is 4.79 Å². The van der Waals surface area contributed by atoms with Gasteiger partial charge in [0, 0.05) is 18.1 Å². The second kappa shape index (κ2) is 5.96. The number of rotatable bonds is 4. The fraction of sp³-hybridized carbons (Fsp3) is 0.0667. The van der Waals surface area contributed by atoms with Crippen molar-refractivity contribution >= 4 is 11.7 Å². The maximum Gasteiger partial charge on any atom is 0.319 e. The molecule has 2 heterocycles. The van der Waals surface area contributed by atoms with E-state index in [-0.39, 0.29) is 6.03 Å². The van der Waals surface area contributed by atoms with Gasteiger partial charge in [0.15, 0.2) is 0 Å². The SMILES string of the molecule is O=C(NCc1ccco1)Nc1cccc(-n2cccn2)c1. The van der Waals surface area contributed by atoms with Crippen LogP contribution in [-0.4, -0.2) is 15.8 Å². The van der Waals surface area contributed by atoms with Gasteiger partial charge in [0.2, 0.25) is 0 Å². The van der Waals surface area contributed by atoms with Crippen LogP contribution >= 0.6 is 0 Å². The molecule has 1 aromatic carbocycles. The molecule has 0 saturated carbocycles. The molecule has 0 unspecified atom stereocenters. The van der Waals surface area contributed by atoms with Gasteiger partial charge in [-0.25, -0.2) is 9.48 Å². The molecule has 2 N–H and O–H groups in total. The minimum atomic E-state index is -0.288. The summed E-state index contributed by atoms with van der Waals surface area (Å²) in [7, 11) is 0. The molecule has 0 spiro atoms. The zero-order valence-corrected chi connectivity index (χ0v) is 11.2. The summed E-state index contributed by atoms with van der Waals surface area (Å²) >= 11 is 0. The smallest absolute Gasteiger partial charge is 0.319 e. The first-order valence-electron chi connectivity index (χ1n) is 6.48. The number of hydrogen-bond acceptors (Lipinski definition) is 3. The first-order valence-corrected chi connectivity index (χ1v) is 6.48. The summed E-state index contributed by atoms with van der Waals surface area (Å²) in [5.41, 5.74) is 1.57. The zero-order valence-electron chi connectivity index (χ0n) is 11.2. The minimum Gasteiger partial charge on any atom is -0.467 e. The molecule has 21 heavy (non-hydrogen) atoms. The third kappa shape index (κ3) is 3.30. The Bertz CT molecular complexity index is 705. The Balaban J connectivity index is 1.62. The van der Waals surface area contributed by atoms with Gasteiger partial charge in [-0.1, -0.05) is 6.07 Å².